The van der Waals surface area contributed by atoms with Crippen LogP contribution in [0.4, 0.5) is 0 Å². The molecule has 4 heteroatoms. The monoisotopic (exact) mass is 192 g/mol. The van der Waals surface area contributed by atoms with E-state index >= 15 is 0 Å². The van der Waals surface area contributed by atoms with Crippen LogP contribution in [0.15, 0.2) is 31.1 Å². The van der Waals surface area contributed by atoms with Gasteiger partial charge in [-0.25, -0.2) is 4.79 Å². The SMILES string of the molecule is C=C[C@@H](N)c1cncc(C(=O)OC)c1. The van der Waals surface area contributed by atoms with E-state index in [1.54, 1.807) is 18.3 Å². The van der Waals surface area contributed by atoms with E-state index in [4.69, 9.17) is 5.73 Å². The van der Waals surface area contributed by atoms with Crippen molar-refractivity contribution < 1.29 is 9.53 Å². The number of nitrogens with zero attached hydrogens (tertiary/aromatic N) is 1. The van der Waals surface area contributed by atoms with Gasteiger partial charge in [0.1, 0.15) is 0 Å². The lowest BCUT2D eigenvalue weighted by Crippen LogP contribution is -2.09. The first-order valence-electron chi connectivity index (χ1n) is 4.10. The lowest BCUT2D eigenvalue weighted by molar-refractivity contribution is 0.0600. The molecular formula is C10H12N2O2. The van der Waals surface area contributed by atoms with Crippen LogP contribution in [0.5, 0.6) is 0 Å². The number of pyridine rings is 1. The lowest BCUT2D eigenvalue weighted by Gasteiger charge is -2.06. The van der Waals surface area contributed by atoms with Crippen LogP contribution in [0.3, 0.4) is 0 Å². The van der Waals surface area contributed by atoms with Gasteiger partial charge in [0, 0.05) is 18.4 Å². The zero-order valence-corrected chi connectivity index (χ0v) is 7.93. The summed E-state index contributed by atoms with van der Waals surface area (Å²) < 4.78 is 4.56. The van der Waals surface area contributed by atoms with Crippen molar-refractivity contribution in [2.75, 3.05) is 7.11 Å². The lowest BCUT2D eigenvalue weighted by atomic mass is 10.1. The van der Waals surface area contributed by atoms with Gasteiger partial charge in [0.25, 0.3) is 0 Å². The van der Waals surface area contributed by atoms with Crippen molar-refractivity contribution in [3.05, 3.63) is 42.2 Å². The molecule has 0 unspecified atom stereocenters. The Morgan fingerprint density at radius 1 is 1.71 bits per heavy atom. The molecule has 0 aliphatic rings. The van der Waals surface area contributed by atoms with Gasteiger partial charge in [0.05, 0.1) is 12.7 Å². The Morgan fingerprint density at radius 2 is 2.43 bits per heavy atom. The van der Waals surface area contributed by atoms with Crippen LogP contribution >= 0.6 is 0 Å². The van der Waals surface area contributed by atoms with E-state index in [0.717, 1.165) is 5.56 Å². The van der Waals surface area contributed by atoms with Gasteiger partial charge in [-0.15, -0.1) is 6.58 Å². The van der Waals surface area contributed by atoms with Crippen LogP contribution < -0.4 is 5.73 Å². The Labute approximate surface area is 82.4 Å². The van der Waals surface area contributed by atoms with Crippen LogP contribution in [0.1, 0.15) is 22.0 Å². The summed E-state index contributed by atoms with van der Waals surface area (Å²) in [7, 11) is 1.32. The van der Waals surface area contributed by atoms with Crippen LogP contribution in [0.2, 0.25) is 0 Å². The van der Waals surface area contributed by atoms with Gasteiger partial charge in [-0.05, 0) is 11.6 Å². The molecule has 0 bridgehead atoms. The van der Waals surface area contributed by atoms with E-state index in [2.05, 4.69) is 16.3 Å². The van der Waals surface area contributed by atoms with Gasteiger partial charge >= 0.3 is 5.97 Å². The van der Waals surface area contributed by atoms with Gasteiger partial charge in [-0.2, -0.15) is 0 Å². The molecule has 1 rings (SSSR count). The van der Waals surface area contributed by atoms with Crippen LogP contribution in [-0.4, -0.2) is 18.1 Å². The Hall–Kier alpha value is -1.68. The maximum absolute atomic E-state index is 11.1. The maximum atomic E-state index is 11.1. The first kappa shape index (κ1) is 10.4. The molecule has 0 aromatic carbocycles. The van der Waals surface area contributed by atoms with Crippen molar-refractivity contribution in [3.8, 4) is 0 Å². The first-order chi connectivity index (χ1) is 6.69. The topological polar surface area (TPSA) is 65.2 Å². The molecule has 0 spiro atoms. The Bertz CT molecular complexity index is 350. The summed E-state index contributed by atoms with van der Waals surface area (Å²) in [6.07, 6.45) is 4.61. The van der Waals surface area contributed by atoms with Gasteiger partial charge < -0.3 is 10.5 Å². The van der Waals surface area contributed by atoms with Crippen LogP contribution in [-0.2, 0) is 4.74 Å². The average Bonchev–Trinajstić information content (AvgIpc) is 2.27. The van der Waals surface area contributed by atoms with Crippen molar-refractivity contribution in [2.24, 2.45) is 5.73 Å². The van der Waals surface area contributed by atoms with E-state index in [1.807, 2.05) is 0 Å². The van der Waals surface area contributed by atoms with Crippen molar-refractivity contribution in [3.63, 3.8) is 0 Å². The molecule has 14 heavy (non-hydrogen) atoms. The molecule has 0 saturated carbocycles. The largest absolute Gasteiger partial charge is 0.465 e. The predicted molar refractivity (Wildman–Crippen MR) is 52.7 cm³/mol. The molecule has 0 aliphatic carbocycles. The van der Waals surface area contributed by atoms with Gasteiger partial charge in [-0.3, -0.25) is 4.98 Å². The molecular weight excluding hydrogens is 180 g/mol. The highest BCUT2D eigenvalue weighted by molar-refractivity contribution is 5.89. The highest BCUT2D eigenvalue weighted by atomic mass is 16.5. The fourth-order valence-electron chi connectivity index (χ4n) is 1.01. The molecule has 0 radical (unpaired) electrons. The normalized spacial score (nSPS) is 11.9. The molecule has 1 heterocycles. The number of hydrogen-bond donors (Lipinski definition) is 1. The fraction of sp³-hybridized carbons (Fsp3) is 0.200. The maximum Gasteiger partial charge on any atom is 0.339 e. The number of esters is 1. The summed E-state index contributed by atoms with van der Waals surface area (Å²) in [4.78, 5) is 15.0. The fourth-order valence-corrected chi connectivity index (χ4v) is 1.01. The van der Waals surface area contributed by atoms with E-state index < -0.39 is 5.97 Å². The van der Waals surface area contributed by atoms with Crippen molar-refractivity contribution >= 4 is 5.97 Å². The second-order valence-corrected chi connectivity index (χ2v) is 2.76. The predicted octanol–water partition coefficient (Wildman–Crippen LogP) is 1.05. The summed E-state index contributed by atoms with van der Waals surface area (Å²) >= 11 is 0. The third-order valence-corrected chi connectivity index (χ3v) is 1.82. The summed E-state index contributed by atoms with van der Waals surface area (Å²) in [6, 6.07) is 1.33. The summed E-state index contributed by atoms with van der Waals surface area (Å²) in [6.45, 7) is 3.56. The second-order valence-electron chi connectivity index (χ2n) is 2.76. The molecule has 0 fully saturated rings. The number of rotatable bonds is 3. The van der Waals surface area contributed by atoms with Crippen molar-refractivity contribution in [1.82, 2.24) is 4.98 Å². The van der Waals surface area contributed by atoms with Crippen molar-refractivity contribution in [2.45, 2.75) is 6.04 Å². The third-order valence-electron chi connectivity index (χ3n) is 1.82. The smallest absolute Gasteiger partial charge is 0.339 e. The summed E-state index contributed by atoms with van der Waals surface area (Å²) in [5.74, 6) is -0.421. The molecule has 0 saturated heterocycles. The van der Waals surface area contributed by atoms with Crippen molar-refractivity contribution in [1.29, 1.82) is 0 Å². The minimum Gasteiger partial charge on any atom is -0.465 e. The summed E-state index contributed by atoms with van der Waals surface area (Å²) in [5.41, 5.74) is 6.82. The summed E-state index contributed by atoms with van der Waals surface area (Å²) in [5, 5.41) is 0. The molecule has 0 amide bonds. The van der Waals surface area contributed by atoms with Gasteiger partial charge in [0.15, 0.2) is 0 Å². The van der Waals surface area contributed by atoms with E-state index in [-0.39, 0.29) is 6.04 Å². The highest BCUT2D eigenvalue weighted by Crippen LogP contribution is 2.11. The number of hydrogen-bond acceptors (Lipinski definition) is 4. The quantitative estimate of drug-likeness (QED) is 0.574. The van der Waals surface area contributed by atoms with Gasteiger partial charge in [-0.1, -0.05) is 6.08 Å². The number of ether oxygens (including phenoxy) is 1. The number of methoxy groups -OCH3 is 1. The highest BCUT2D eigenvalue weighted by Gasteiger charge is 2.08. The molecule has 1 atom stereocenters. The minimum atomic E-state index is -0.421. The number of nitrogens with two attached hydrogens (primary N) is 1. The van der Waals surface area contributed by atoms with E-state index in [0.29, 0.717) is 5.56 Å². The van der Waals surface area contributed by atoms with E-state index in [9.17, 15) is 4.79 Å². The number of aromatic nitrogens is 1. The first-order valence-corrected chi connectivity index (χ1v) is 4.10. The zero-order chi connectivity index (χ0) is 10.6. The molecule has 4 nitrogen and oxygen atoms in total. The molecule has 1 aromatic rings. The second kappa shape index (κ2) is 4.53. The molecule has 74 valence electrons. The van der Waals surface area contributed by atoms with Crippen LogP contribution in [0, 0.1) is 0 Å². The molecule has 0 aliphatic heterocycles. The number of carbonyl (C=O) groups excluding carboxylic acids is 1. The molecule has 1 aromatic heterocycles. The standard InChI is InChI=1S/C10H12N2O2/c1-3-9(11)7-4-8(6-12-5-7)10(13)14-2/h3-6,9H,1,11H2,2H3/t9-/m1/s1. The third kappa shape index (κ3) is 2.17. The van der Waals surface area contributed by atoms with Gasteiger partial charge in [0.2, 0.25) is 0 Å². The van der Waals surface area contributed by atoms with Crippen LogP contribution in [0.25, 0.3) is 0 Å². The molecule has 2 N–H and O–H groups in total. The Balaban J connectivity index is 3.00. The number of carbonyl (C=O) groups is 1. The van der Waals surface area contributed by atoms with E-state index in [1.165, 1.54) is 13.3 Å². The zero-order valence-electron chi connectivity index (χ0n) is 7.93. The minimum absolute atomic E-state index is 0.313. The average molecular weight is 192 g/mol. The Kier molecular flexibility index (Phi) is 3.36. The Morgan fingerprint density at radius 3 is 3.00 bits per heavy atom.